The van der Waals surface area contributed by atoms with Gasteiger partial charge in [-0.15, -0.1) is 0 Å². The highest BCUT2D eigenvalue weighted by molar-refractivity contribution is 7.81. The number of carbonyl (C=O) groups excluding carboxylic acids is 1. The molecule has 0 spiro atoms. The van der Waals surface area contributed by atoms with Crippen molar-refractivity contribution in [3.63, 3.8) is 0 Å². The maximum atomic E-state index is 10.8. The van der Waals surface area contributed by atoms with Gasteiger partial charge in [0, 0.05) is 11.2 Å². The summed E-state index contributed by atoms with van der Waals surface area (Å²) < 4.78 is 0. The van der Waals surface area contributed by atoms with Crippen molar-refractivity contribution in [3.8, 4) is 0 Å². The number of hydrogen-bond acceptors (Lipinski definition) is 2. The zero-order valence-corrected chi connectivity index (χ0v) is 7.11. The molecule has 9 heavy (non-hydrogen) atoms. The van der Waals surface area contributed by atoms with Crippen molar-refractivity contribution >= 4 is 18.4 Å². The third kappa shape index (κ3) is 2.89. The Morgan fingerprint density at radius 2 is 2.11 bits per heavy atom. The van der Waals surface area contributed by atoms with Crippen LogP contribution in [-0.4, -0.2) is 11.0 Å². The third-order valence-corrected chi connectivity index (χ3v) is 1.90. The standard InChI is InChI=1S/C7H14OS/c1-4-7(5(2)8)6(3)9/h6-7,9H,4H2,1-3H3. The van der Waals surface area contributed by atoms with E-state index >= 15 is 0 Å². The predicted molar refractivity (Wildman–Crippen MR) is 42.9 cm³/mol. The van der Waals surface area contributed by atoms with E-state index in [0.717, 1.165) is 6.42 Å². The molecule has 0 aromatic carbocycles. The Morgan fingerprint density at radius 3 is 2.11 bits per heavy atom. The number of ketones is 1. The minimum Gasteiger partial charge on any atom is -0.300 e. The lowest BCUT2D eigenvalue weighted by Gasteiger charge is -2.13. The molecule has 0 aromatic rings. The zero-order chi connectivity index (χ0) is 7.44. The fourth-order valence-corrected chi connectivity index (χ4v) is 1.39. The molecule has 0 aliphatic rings. The Hall–Kier alpha value is 0.0200. The van der Waals surface area contributed by atoms with Gasteiger partial charge in [0.1, 0.15) is 5.78 Å². The van der Waals surface area contributed by atoms with Crippen molar-refractivity contribution in [2.24, 2.45) is 5.92 Å². The van der Waals surface area contributed by atoms with Crippen molar-refractivity contribution in [2.75, 3.05) is 0 Å². The van der Waals surface area contributed by atoms with E-state index in [-0.39, 0.29) is 17.0 Å². The summed E-state index contributed by atoms with van der Waals surface area (Å²) in [5.41, 5.74) is 0. The molecule has 0 saturated carbocycles. The Morgan fingerprint density at radius 1 is 1.67 bits per heavy atom. The summed E-state index contributed by atoms with van der Waals surface area (Å²) in [5, 5.41) is 0.201. The van der Waals surface area contributed by atoms with Crippen LogP contribution in [0.5, 0.6) is 0 Å². The van der Waals surface area contributed by atoms with Gasteiger partial charge in [-0.1, -0.05) is 13.8 Å². The molecule has 1 nitrogen and oxygen atoms in total. The summed E-state index contributed by atoms with van der Waals surface area (Å²) in [6, 6.07) is 0. The molecule has 2 atom stereocenters. The molecule has 0 heterocycles. The van der Waals surface area contributed by atoms with Crippen LogP contribution >= 0.6 is 12.6 Å². The first kappa shape index (κ1) is 9.02. The first-order valence-corrected chi connectivity index (χ1v) is 3.79. The van der Waals surface area contributed by atoms with Crippen LogP contribution in [0.2, 0.25) is 0 Å². The van der Waals surface area contributed by atoms with Gasteiger partial charge in [0.2, 0.25) is 0 Å². The topological polar surface area (TPSA) is 17.1 Å². The van der Waals surface area contributed by atoms with E-state index in [1.807, 2.05) is 13.8 Å². The van der Waals surface area contributed by atoms with Crippen LogP contribution in [0.3, 0.4) is 0 Å². The normalized spacial score (nSPS) is 16.9. The van der Waals surface area contributed by atoms with Crippen molar-refractivity contribution in [1.29, 1.82) is 0 Å². The predicted octanol–water partition coefficient (Wildman–Crippen LogP) is 1.92. The van der Waals surface area contributed by atoms with Gasteiger partial charge in [-0.05, 0) is 13.3 Å². The van der Waals surface area contributed by atoms with E-state index in [0.29, 0.717) is 0 Å². The molecule has 2 heteroatoms. The van der Waals surface area contributed by atoms with Gasteiger partial charge in [-0.3, -0.25) is 4.79 Å². The average Bonchev–Trinajstić information content (AvgIpc) is 1.64. The van der Waals surface area contributed by atoms with Crippen LogP contribution < -0.4 is 0 Å². The van der Waals surface area contributed by atoms with Gasteiger partial charge in [-0.2, -0.15) is 12.6 Å². The number of carbonyl (C=O) groups is 1. The second-order valence-corrected chi connectivity index (χ2v) is 3.18. The van der Waals surface area contributed by atoms with Crippen molar-refractivity contribution in [3.05, 3.63) is 0 Å². The van der Waals surface area contributed by atoms with Crippen molar-refractivity contribution in [2.45, 2.75) is 32.4 Å². The van der Waals surface area contributed by atoms with E-state index < -0.39 is 0 Å². The minimum atomic E-state index is 0.147. The molecule has 0 bridgehead atoms. The first-order valence-electron chi connectivity index (χ1n) is 3.28. The summed E-state index contributed by atoms with van der Waals surface area (Å²) in [6.45, 7) is 5.60. The highest BCUT2D eigenvalue weighted by Crippen LogP contribution is 2.14. The summed E-state index contributed by atoms with van der Waals surface area (Å²) in [5.74, 6) is 0.397. The monoisotopic (exact) mass is 146 g/mol. The van der Waals surface area contributed by atoms with E-state index in [9.17, 15) is 4.79 Å². The summed E-state index contributed by atoms with van der Waals surface area (Å²) >= 11 is 4.19. The minimum absolute atomic E-state index is 0.147. The van der Waals surface area contributed by atoms with Gasteiger partial charge in [0.15, 0.2) is 0 Å². The molecule has 0 N–H and O–H groups in total. The molecule has 0 saturated heterocycles. The van der Waals surface area contributed by atoms with E-state index in [4.69, 9.17) is 0 Å². The maximum absolute atomic E-state index is 10.8. The maximum Gasteiger partial charge on any atom is 0.133 e. The van der Waals surface area contributed by atoms with Gasteiger partial charge in [0.05, 0.1) is 0 Å². The van der Waals surface area contributed by atoms with E-state index in [2.05, 4.69) is 12.6 Å². The lowest BCUT2D eigenvalue weighted by molar-refractivity contribution is -0.120. The quantitative estimate of drug-likeness (QED) is 0.602. The van der Waals surface area contributed by atoms with Gasteiger partial charge in [0.25, 0.3) is 0 Å². The second kappa shape index (κ2) is 3.94. The number of rotatable bonds is 3. The molecule has 0 rings (SSSR count). The molecular weight excluding hydrogens is 132 g/mol. The number of hydrogen-bond donors (Lipinski definition) is 1. The fraction of sp³-hybridized carbons (Fsp3) is 0.857. The summed E-state index contributed by atoms with van der Waals surface area (Å²) in [6.07, 6.45) is 0.903. The molecule has 2 unspecified atom stereocenters. The van der Waals surface area contributed by atoms with Crippen LogP contribution in [0.1, 0.15) is 27.2 Å². The van der Waals surface area contributed by atoms with Crippen LogP contribution in [0, 0.1) is 5.92 Å². The Bertz CT molecular complexity index is 99.1. The molecular formula is C7H14OS. The van der Waals surface area contributed by atoms with Crippen molar-refractivity contribution < 1.29 is 4.79 Å². The lowest BCUT2D eigenvalue weighted by Crippen LogP contribution is -2.18. The molecule has 0 radical (unpaired) electrons. The highest BCUT2D eigenvalue weighted by Gasteiger charge is 2.15. The van der Waals surface area contributed by atoms with E-state index in [1.165, 1.54) is 0 Å². The van der Waals surface area contributed by atoms with Gasteiger partial charge in [-0.25, -0.2) is 0 Å². The molecule has 0 fully saturated rings. The Balaban J connectivity index is 3.83. The van der Waals surface area contributed by atoms with Gasteiger partial charge < -0.3 is 0 Å². The fourth-order valence-electron chi connectivity index (χ4n) is 0.968. The van der Waals surface area contributed by atoms with Crippen LogP contribution in [0.25, 0.3) is 0 Å². The first-order chi connectivity index (χ1) is 4.09. The third-order valence-electron chi connectivity index (χ3n) is 1.54. The molecule has 0 aliphatic carbocycles. The highest BCUT2D eigenvalue weighted by atomic mass is 32.1. The summed E-state index contributed by atoms with van der Waals surface area (Å²) in [4.78, 5) is 10.8. The Labute approximate surface area is 62.2 Å². The molecule has 54 valence electrons. The Kier molecular flexibility index (Phi) is 3.95. The number of Topliss-reactive ketones (excluding diaryl/α,β-unsaturated/α-hetero) is 1. The largest absolute Gasteiger partial charge is 0.300 e. The van der Waals surface area contributed by atoms with Crippen LogP contribution in [0.15, 0.2) is 0 Å². The number of thiol groups is 1. The SMILES string of the molecule is CCC(C(C)=O)C(C)S. The smallest absolute Gasteiger partial charge is 0.133 e. The zero-order valence-electron chi connectivity index (χ0n) is 6.22. The van der Waals surface area contributed by atoms with Crippen LogP contribution in [0.4, 0.5) is 0 Å². The molecule has 0 aromatic heterocycles. The lowest BCUT2D eigenvalue weighted by atomic mass is 9.99. The molecule has 0 amide bonds. The molecule has 0 aliphatic heterocycles. The van der Waals surface area contributed by atoms with Crippen molar-refractivity contribution in [1.82, 2.24) is 0 Å². The van der Waals surface area contributed by atoms with Crippen LogP contribution in [-0.2, 0) is 4.79 Å². The second-order valence-electron chi connectivity index (χ2n) is 2.37. The van der Waals surface area contributed by atoms with E-state index in [1.54, 1.807) is 6.92 Å². The average molecular weight is 146 g/mol. The van der Waals surface area contributed by atoms with Gasteiger partial charge >= 0.3 is 0 Å². The summed E-state index contributed by atoms with van der Waals surface area (Å²) in [7, 11) is 0.